The second-order valence-electron chi connectivity index (χ2n) is 6.47. The minimum atomic E-state index is -1.12. The quantitative estimate of drug-likeness (QED) is 0.772. The maximum atomic E-state index is 12.8. The molecule has 1 aliphatic heterocycles. The van der Waals surface area contributed by atoms with Gasteiger partial charge in [-0.05, 0) is 49.9 Å². The van der Waals surface area contributed by atoms with Crippen molar-refractivity contribution in [1.29, 1.82) is 0 Å². The van der Waals surface area contributed by atoms with Gasteiger partial charge in [0.2, 0.25) is 0 Å². The highest BCUT2D eigenvalue weighted by Crippen LogP contribution is 2.26. The van der Waals surface area contributed by atoms with E-state index in [1.807, 2.05) is 34.6 Å². The molecule has 1 saturated heterocycles. The number of aromatic nitrogens is 1. The smallest absolute Gasteiger partial charge is 0.250 e. The number of pyridine rings is 1. The van der Waals surface area contributed by atoms with E-state index in [1.54, 1.807) is 22.9 Å². The number of hydrogen-bond donors (Lipinski definition) is 0. The van der Waals surface area contributed by atoms with Gasteiger partial charge in [0.05, 0.1) is 11.4 Å². The first-order chi connectivity index (χ1) is 12.1. The predicted octanol–water partition coefficient (Wildman–Crippen LogP) is 3.21. The van der Waals surface area contributed by atoms with Gasteiger partial charge in [0.1, 0.15) is 11.0 Å². The summed E-state index contributed by atoms with van der Waals surface area (Å²) in [5.41, 5.74) is 2.39. The van der Waals surface area contributed by atoms with Crippen molar-refractivity contribution in [1.82, 2.24) is 8.87 Å². The summed E-state index contributed by atoms with van der Waals surface area (Å²) in [4.78, 5) is 12.6. The Morgan fingerprint density at radius 2 is 2.00 bits per heavy atom. The average Bonchev–Trinajstić information content (AvgIpc) is 3.13. The summed E-state index contributed by atoms with van der Waals surface area (Å²) in [6.45, 7) is 6.45. The number of rotatable bonds is 5. The Morgan fingerprint density at radius 3 is 2.68 bits per heavy atom. The van der Waals surface area contributed by atoms with E-state index in [9.17, 15) is 9.00 Å². The fourth-order valence-electron chi connectivity index (χ4n) is 3.13. The molecule has 132 valence electrons. The fraction of sp³-hybridized carbons (Fsp3) is 0.350. The van der Waals surface area contributed by atoms with Crippen LogP contribution < -0.4 is 5.56 Å². The van der Waals surface area contributed by atoms with Gasteiger partial charge >= 0.3 is 0 Å². The van der Waals surface area contributed by atoms with Gasteiger partial charge in [-0.15, -0.1) is 0 Å². The van der Waals surface area contributed by atoms with Crippen molar-refractivity contribution < 1.29 is 4.21 Å². The Hall–Kier alpha value is -1.98. The first-order valence-electron chi connectivity index (χ1n) is 8.62. The summed E-state index contributed by atoms with van der Waals surface area (Å²) in [6.07, 6.45) is 5.00. The molecule has 25 heavy (non-hydrogen) atoms. The van der Waals surface area contributed by atoms with Crippen LogP contribution in [0.1, 0.15) is 25.8 Å². The standard InChI is InChI=1S/C20H24N2O2S/c1-3-16(2)18-11-13-22(15-18)25(24)19-9-7-17(8-10-19)14-21-12-5-4-6-20(21)23/h3-10,12,18H,11,13-15H2,1-2H3. The molecule has 0 aliphatic carbocycles. The lowest BCUT2D eigenvalue weighted by Gasteiger charge is -2.16. The summed E-state index contributed by atoms with van der Waals surface area (Å²) in [7, 11) is -1.12. The molecular formula is C20H24N2O2S. The van der Waals surface area contributed by atoms with Crippen molar-refractivity contribution in [2.75, 3.05) is 13.1 Å². The summed E-state index contributed by atoms with van der Waals surface area (Å²) in [6, 6.07) is 12.9. The van der Waals surface area contributed by atoms with Crippen LogP contribution in [0.5, 0.6) is 0 Å². The lowest BCUT2D eigenvalue weighted by Crippen LogP contribution is -2.23. The molecule has 0 N–H and O–H groups in total. The summed E-state index contributed by atoms with van der Waals surface area (Å²) in [5.74, 6) is 0.512. The fourth-order valence-corrected chi connectivity index (χ4v) is 4.39. The molecule has 4 nitrogen and oxygen atoms in total. The molecule has 2 heterocycles. The van der Waals surface area contributed by atoms with Gasteiger partial charge in [0.15, 0.2) is 0 Å². The van der Waals surface area contributed by atoms with Gasteiger partial charge in [-0.25, -0.2) is 8.51 Å². The largest absolute Gasteiger partial charge is 0.311 e. The topological polar surface area (TPSA) is 42.3 Å². The van der Waals surface area contributed by atoms with Crippen LogP contribution in [0.4, 0.5) is 0 Å². The molecule has 5 heteroatoms. The maximum absolute atomic E-state index is 12.8. The zero-order valence-corrected chi connectivity index (χ0v) is 15.5. The van der Waals surface area contributed by atoms with E-state index in [0.29, 0.717) is 12.5 Å². The Kier molecular flexibility index (Phi) is 5.66. The summed E-state index contributed by atoms with van der Waals surface area (Å²) < 4.78 is 16.5. The average molecular weight is 356 g/mol. The minimum Gasteiger partial charge on any atom is -0.311 e. The number of hydrogen-bond acceptors (Lipinski definition) is 2. The lowest BCUT2D eigenvalue weighted by molar-refractivity contribution is 0.519. The Labute approximate surface area is 151 Å². The van der Waals surface area contributed by atoms with Crippen LogP contribution in [0.3, 0.4) is 0 Å². The lowest BCUT2D eigenvalue weighted by atomic mass is 10.0. The summed E-state index contributed by atoms with van der Waals surface area (Å²) >= 11 is 0. The van der Waals surface area contributed by atoms with Gasteiger partial charge in [-0.2, -0.15) is 0 Å². The van der Waals surface area contributed by atoms with Crippen LogP contribution in [0.25, 0.3) is 0 Å². The van der Waals surface area contributed by atoms with E-state index in [-0.39, 0.29) is 5.56 Å². The highest BCUT2D eigenvalue weighted by Gasteiger charge is 2.27. The molecule has 2 unspecified atom stereocenters. The van der Waals surface area contributed by atoms with E-state index in [0.717, 1.165) is 30.0 Å². The molecular weight excluding hydrogens is 332 g/mol. The number of nitrogens with zero attached hydrogens (tertiary/aromatic N) is 2. The maximum Gasteiger partial charge on any atom is 0.250 e. The summed E-state index contributed by atoms with van der Waals surface area (Å²) in [5, 5.41) is 0. The zero-order valence-electron chi connectivity index (χ0n) is 14.7. The van der Waals surface area contributed by atoms with Crippen LogP contribution in [0, 0.1) is 5.92 Å². The molecule has 0 amide bonds. The van der Waals surface area contributed by atoms with Crippen molar-refractivity contribution in [2.24, 2.45) is 5.92 Å². The molecule has 1 aromatic heterocycles. The first-order valence-corrected chi connectivity index (χ1v) is 9.73. The molecule has 0 spiro atoms. The van der Waals surface area contributed by atoms with Crippen molar-refractivity contribution in [3.8, 4) is 0 Å². The highest BCUT2D eigenvalue weighted by atomic mass is 32.2. The van der Waals surface area contributed by atoms with E-state index < -0.39 is 11.0 Å². The molecule has 2 atom stereocenters. The molecule has 0 radical (unpaired) electrons. The monoisotopic (exact) mass is 356 g/mol. The van der Waals surface area contributed by atoms with Crippen LogP contribution in [0.15, 0.2) is 70.0 Å². The molecule has 3 rings (SSSR count). The van der Waals surface area contributed by atoms with Crippen LogP contribution in [-0.4, -0.2) is 26.2 Å². The Morgan fingerprint density at radius 1 is 1.24 bits per heavy atom. The third-order valence-corrected chi connectivity index (χ3v) is 6.34. The van der Waals surface area contributed by atoms with E-state index in [1.165, 1.54) is 5.57 Å². The van der Waals surface area contributed by atoms with Crippen LogP contribution >= 0.6 is 0 Å². The van der Waals surface area contributed by atoms with Crippen LogP contribution in [0.2, 0.25) is 0 Å². The molecule has 2 aromatic rings. The van der Waals surface area contributed by atoms with E-state index >= 15 is 0 Å². The zero-order chi connectivity index (χ0) is 17.8. The Bertz CT molecular complexity index is 839. The predicted molar refractivity (Wildman–Crippen MR) is 102 cm³/mol. The van der Waals surface area contributed by atoms with Crippen molar-refractivity contribution in [2.45, 2.75) is 31.7 Å². The highest BCUT2D eigenvalue weighted by molar-refractivity contribution is 7.82. The van der Waals surface area contributed by atoms with Gasteiger partial charge in [-0.3, -0.25) is 4.79 Å². The number of allylic oxidation sites excluding steroid dienone is 1. The minimum absolute atomic E-state index is 0.0161. The van der Waals surface area contributed by atoms with Crippen molar-refractivity contribution in [3.05, 3.63) is 76.2 Å². The Balaban J connectivity index is 1.67. The second-order valence-corrected chi connectivity index (χ2v) is 7.95. The second kappa shape index (κ2) is 7.93. The molecule has 1 aliphatic rings. The van der Waals surface area contributed by atoms with Crippen molar-refractivity contribution in [3.63, 3.8) is 0 Å². The van der Waals surface area contributed by atoms with Gasteiger partial charge in [0.25, 0.3) is 5.56 Å². The van der Waals surface area contributed by atoms with Gasteiger partial charge < -0.3 is 4.57 Å². The van der Waals surface area contributed by atoms with E-state index in [4.69, 9.17) is 0 Å². The van der Waals surface area contributed by atoms with Crippen LogP contribution in [-0.2, 0) is 17.5 Å². The SMILES string of the molecule is CC=C(C)C1CCN(S(=O)c2ccc(Cn3ccccc3=O)cc2)C1. The molecule has 0 saturated carbocycles. The van der Waals surface area contributed by atoms with Gasteiger partial charge in [0, 0.05) is 25.4 Å². The molecule has 0 bridgehead atoms. The third-order valence-electron chi connectivity index (χ3n) is 4.86. The van der Waals surface area contributed by atoms with Gasteiger partial charge in [-0.1, -0.05) is 29.8 Å². The third kappa shape index (κ3) is 4.17. The molecule has 1 aromatic carbocycles. The first kappa shape index (κ1) is 17.8. The normalized spacial score (nSPS) is 19.9. The van der Waals surface area contributed by atoms with Crippen molar-refractivity contribution >= 4 is 11.0 Å². The molecule has 1 fully saturated rings. The van der Waals surface area contributed by atoms with E-state index in [2.05, 4.69) is 19.9 Å². The number of benzene rings is 1.